The van der Waals surface area contributed by atoms with Gasteiger partial charge in [0.15, 0.2) is 8.32 Å². The fourth-order valence-corrected chi connectivity index (χ4v) is 6.67. The molecule has 2 heterocycles. The minimum Gasteiger partial charge on any atom is -0.472 e. The Hall–Kier alpha value is -0.813. The van der Waals surface area contributed by atoms with Crippen LogP contribution in [0, 0.1) is 0 Å². The third-order valence-corrected chi connectivity index (χ3v) is 10.3. The molecule has 6 heteroatoms. The molecule has 0 fully saturated rings. The largest absolute Gasteiger partial charge is 0.472 e. The van der Waals surface area contributed by atoms with Crippen LogP contribution in [0.25, 0.3) is 0 Å². The summed E-state index contributed by atoms with van der Waals surface area (Å²) in [6.45, 7) is 6.70. The Kier molecular flexibility index (Phi) is 8.01. The number of aryl methyl sites for hydroxylation is 1. The molecule has 0 bridgehead atoms. The highest BCUT2D eigenvalue weighted by molar-refractivity contribution is 6.73. The van der Waals surface area contributed by atoms with Crippen LogP contribution >= 0.6 is 23.2 Å². The van der Waals surface area contributed by atoms with Crippen molar-refractivity contribution in [1.82, 2.24) is 4.98 Å². The lowest BCUT2D eigenvalue weighted by Crippen LogP contribution is -2.37. The molecule has 0 amide bonds. The van der Waals surface area contributed by atoms with E-state index in [9.17, 15) is 0 Å². The fraction of sp³-hybridized carbons (Fsp3) is 0.526. The molecule has 25 heavy (non-hydrogen) atoms. The second kappa shape index (κ2) is 9.77. The molecule has 0 aromatic carbocycles. The topological polar surface area (TPSA) is 35.3 Å². The van der Waals surface area contributed by atoms with Gasteiger partial charge in [-0.05, 0) is 49.0 Å². The lowest BCUT2D eigenvalue weighted by molar-refractivity contribution is 0.176. The highest BCUT2D eigenvalue weighted by atomic mass is 35.5. The molecule has 0 spiro atoms. The molecule has 0 aliphatic rings. The van der Waals surface area contributed by atoms with Crippen molar-refractivity contribution in [2.45, 2.75) is 64.3 Å². The molecule has 0 saturated carbocycles. The normalized spacial score (nSPS) is 13.2. The number of aromatic nitrogens is 1. The summed E-state index contributed by atoms with van der Waals surface area (Å²) in [6, 6.07) is 5.29. The molecule has 0 N–H and O–H groups in total. The summed E-state index contributed by atoms with van der Waals surface area (Å²) in [5.41, 5.74) is 2.09. The van der Waals surface area contributed by atoms with Crippen LogP contribution in [0.15, 0.2) is 35.4 Å². The van der Waals surface area contributed by atoms with Gasteiger partial charge in [0.1, 0.15) is 0 Å². The Morgan fingerprint density at radius 2 is 1.76 bits per heavy atom. The Balaban J connectivity index is 2.21. The summed E-state index contributed by atoms with van der Waals surface area (Å²) >= 11 is 12.9. The van der Waals surface area contributed by atoms with Crippen LogP contribution in [0.2, 0.25) is 28.2 Å². The average molecular weight is 400 g/mol. The molecule has 0 saturated heterocycles. The summed E-state index contributed by atoms with van der Waals surface area (Å²) in [6.07, 6.45) is 9.56. The second-order valence-corrected chi connectivity index (χ2v) is 11.9. The Bertz CT molecular complexity index is 616. The van der Waals surface area contributed by atoms with E-state index in [2.05, 4.69) is 25.8 Å². The lowest BCUT2D eigenvalue weighted by Gasteiger charge is -2.34. The van der Waals surface area contributed by atoms with Gasteiger partial charge in [-0.2, -0.15) is 0 Å². The third-order valence-electron chi connectivity index (χ3n) is 5.05. The van der Waals surface area contributed by atoms with Gasteiger partial charge in [0.2, 0.25) is 0 Å². The van der Waals surface area contributed by atoms with Crippen molar-refractivity contribution in [3.63, 3.8) is 0 Å². The predicted molar refractivity (Wildman–Crippen MR) is 107 cm³/mol. The number of nitrogens with zero attached hydrogens (tertiary/aromatic N) is 1. The van der Waals surface area contributed by atoms with Crippen molar-refractivity contribution in [3.8, 4) is 0 Å². The molecule has 1 unspecified atom stereocenters. The molecule has 0 aliphatic heterocycles. The molecular weight excluding hydrogens is 373 g/mol. The van der Waals surface area contributed by atoms with Crippen LogP contribution in [0.3, 0.4) is 0 Å². The molecule has 1 atom stereocenters. The van der Waals surface area contributed by atoms with Gasteiger partial charge in [0.05, 0.1) is 28.7 Å². The minimum absolute atomic E-state index is 0.0820. The van der Waals surface area contributed by atoms with Crippen molar-refractivity contribution < 1.29 is 8.84 Å². The average Bonchev–Trinajstić information content (AvgIpc) is 3.12. The standard InChI is InChI=1S/C19H27Cl2NO2Si/c1-4-25(5-2,6-3)24-18(9-7-8-15-10-11-23-14-15)19-16(20)12-22-13-17(19)21/h10-14,18H,4-9H2,1-3H3. The zero-order valence-electron chi connectivity index (χ0n) is 15.2. The van der Waals surface area contributed by atoms with Crippen LogP contribution in [0.1, 0.15) is 50.8 Å². The molecule has 0 radical (unpaired) electrons. The van der Waals surface area contributed by atoms with E-state index in [1.807, 2.05) is 6.07 Å². The number of halogens is 2. The smallest absolute Gasteiger partial charge is 0.192 e. The van der Waals surface area contributed by atoms with Gasteiger partial charge < -0.3 is 8.84 Å². The number of furan rings is 1. The third kappa shape index (κ3) is 5.33. The van der Waals surface area contributed by atoms with Crippen molar-refractivity contribution in [2.75, 3.05) is 0 Å². The summed E-state index contributed by atoms with van der Waals surface area (Å²) in [4.78, 5) is 4.08. The van der Waals surface area contributed by atoms with Crippen molar-refractivity contribution in [3.05, 3.63) is 52.2 Å². The van der Waals surface area contributed by atoms with E-state index >= 15 is 0 Å². The van der Waals surface area contributed by atoms with Gasteiger partial charge in [0.25, 0.3) is 0 Å². The molecule has 138 valence electrons. The van der Waals surface area contributed by atoms with Crippen LogP contribution in [0.5, 0.6) is 0 Å². The minimum atomic E-state index is -1.78. The van der Waals surface area contributed by atoms with Crippen LogP contribution in [-0.2, 0) is 10.8 Å². The predicted octanol–water partition coefficient (Wildman–Crippen LogP) is 7.07. The van der Waals surface area contributed by atoms with Gasteiger partial charge in [-0.15, -0.1) is 0 Å². The summed E-state index contributed by atoms with van der Waals surface area (Å²) in [7, 11) is -1.78. The Morgan fingerprint density at radius 3 is 2.28 bits per heavy atom. The Morgan fingerprint density at radius 1 is 1.12 bits per heavy atom. The molecule has 3 nitrogen and oxygen atoms in total. The van der Waals surface area contributed by atoms with Crippen LogP contribution in [0.4, 0.5) is 0 Å². The first-order chi connectivity index (χ1) is 12.0. The maximum Gasteiger partial charge on any atom is 0.192 e. The van der Waals surface area contributed by atoms with E-state index in [1.54, 1.807) is 24.9 Å². The fourth-order valence-electron chi connectivity index (χ4n) is 3.22. The van der Waals surface area contributed by atoms with Gasteiger partial charge in [-0.1, -0.05) is 44.0 Å². The number of hydrogen-bond donors (Lipinski definition) is 0. The van der Waals surface area contributed by atoms with E-state index in [1.165, 1.54) is 5.56 Å². The molecule has 2 aromatic rings. The van der Waals surface area contributed by atoms with E-state index in [4.69, 9.17) is 32.0 Å². The molecule has 2 aromatic heterocycles. The number of hydrogen-bond acceptors (Lipinski definition) is 3. The van der Waals surface area contributed by atoms with E-state index in [-0.39, 0.29) is 6.10 Å². The first-order valence-corrected chi connectivity index (χ1v) is 12.3. The molecule has 2 rings (SSSR count). The van der Waals surface area contributed by atoms with Crippen molar-refractivity contribution >= 4 is 31.5 Å². The van der Waals surface area contributed by atoms with Crippen molar-refractivity contribution in [1.29, 1.82) is 0 Å². The SMILES string of the molecule is CC[Si](CC)(CC)OC(CCCc1ccoc1)c1c(Cl)cncc1Cl. The zero-order chi connectivity index (χ0) is 18.3. The van der Waals surface area contributed by atoms with Crippen LogP contribution < -0.4 is 0 Å². The lowest BCUT2D eigenvalue weighted by atomic mass is 10.0. The monoisotopic (exact) mass is 399 g/mol. The van der Waals surface area contributed by atoms with Gasteiger partial charge >= 0.3 is 0 Å². The zero-order valence-corrected chi connectivity index (χ0v) is 17.7. The quantitative estimate of drug-likeness (QED) is 0.400. The van der Waals surface area contributed by atoms with Gasteiger partial charge in [-0.25, -0.2) is 0 Å². The van der Waals surface area contributed by atoms with E-state index in [0.29, 0.717) is 10.0 Å². The Labute approximate surface area is 161 Å². The number of rotatable bonds is 10. The summed E-state index contributed by atoms with van der Waals surface area (Å²) in [5.74, 6) is 0. The van der Waals surface area contributed by atoms with Crippen molar-refractivity contribution in [2.24, 2.45) is 0 Å². The maximum atomic E-state index is 6.77. The first kappa shape index (κ1) is 20.5. The molecule has 0 aliphatic carbocycles. The van der Waals surface area contributed by atoms with E-state index in [0.717, 1.165) is 43.0 Å². The summed E-state index contributed by atoms with van der Waals surface area (Å²) in [5, 5.41) is 1.18. The van der Waals surface area contributed by atoms with Crippen LogP contribution in [-0.4, -0.2) is 13.3 Å². The van der Waals surface area contributed by atoms with Gasteiger partial charge in [-0.3, -0.25) is 4.98 Å². The van der Waals surface area contributed by atoms with E-state index < -0.39 is 8.32 Å². The van der Waals surface area contributed by atoms with Gasteiger partial charge in [0, 0.05) is 18.0 Å². The second-order valence-electron chi connectivity index (χ2n) is 6.39. The maximum absolute atomic E-state index is 6.77. The molecular formula is C19H27Cl2NO2Si. The highest BCUT2D eigenvalue weighted by Crippen LogP contribution is 2.38. The first-order valence-electron chi connectivity index (χ1n) is 9.03. The summed E-state index contributed by atoms with van der Waals surface area (Å²) < 4.78 is 11.9. The highest BCUT2D eigenvalue weighted by Gasteiger charge is 2.33. The number of pyridine rings is 1.